The second-order valence-electron chi connectivity index (χ2n) is 5.67. The summed E-state index contributed by atoms with van der Waals surface area (Å²) in [6.45, 7) is 2.06. The molecule has 0 bridgehead atoms. The van der Waals surface area contributed by atoms with Gasteiger partial charge in [-0.3, -0.25) is 4.90 Å². The van der Waals surface area contributed by atoms with Gasteiger partial charge in [-0.1, -0.05) is 6.07 Å². The Bertz CT molecular complexity index is 556. The maximum Gasteiger partial charge on any atom is 0.416 e. The third-order valence-corrected chi connectivity index (χ3v) is 4.23. The molecule has 1 aromatic carbocycles. The van der Waals surface area contributed by atoms with Crippen LogP contribution in [0.3, 0.4) is 0 Å². The molecule has 2 heterocycles. The maximum atomic E-state index is 12.8. The van der Waals surface area contributed by atoms with E-state index in [0.717, 1.165) is 38.1 Å². The molecule has 1 amide bonds. The fourth-order valence-corrected chi connectivity index (χ4v) is 3.01. The lowest BCUT2D eigenvalue weighted by atomic mass is 9.92. The molecule has 22 heavy (non-hydrogen) atoms. The molecule has 0 spiro atoms. The van der Waals surface area contributed by atoms with Crippen molar-refractivity contribution in [2.75, 3.05) is 24.5 Å². The van der Waals surface area contributed by atoms with Gasteiger partial charge in [-0.2, -0.15) is 13.2 Å². The molecule has 2 aliphatic rings. The summed E-state index contributed by atoms with van der Waals surface area (Å²) >= 11 is 0. The van der Waals surface area contributed by atoms with Crippen molar-refractivity contribution in [1.82, 2.24) is 5.32 Å². The average molecular weight is 314 g/mol. The number of piperidine rings is 1. The van der Waals surface area contributed by atoms with E-state index in [9.17, 15) is 18.0 Å². The van der Waals surface area contributed by atoms with Crippen LogP contribution in [0, 0.1) is 5.92 Å². The number of nitrogens with one attached hydrogen (secondary N) is 1. The minimum absolute atomic E-state index is 0.233. The van der Waals surface area contributed by atoms with E-state index in [-0.39, 0.29) is 17.7 Å². The number of hydrogen-bond donors (Lipinski definition) is 1. The van der Waals surface area contributed by atoms with Crippen LogP contribution in [0.4, 0.5) is 23.7 Å². The van der Waals surface area contributed by atoms with Gasteiger partial charge in [0.05, 0.1) is 12.1 Å². The fraction of sp³-hybridized carbons (Fsp3) is 0.533. The first-order valence-corrected chi connectivity index (χ1v) is 7.31. The number of rotatable bonds is 2. The molecule has 120 valence electrons. The summed E-state index contributed by atoms with van der Waals surface area (Å²) in [5.41, 5.74) is -0.528. The molecule has 0 aromatic heterocycles. The van der Waals surface area contributed by atoms with E-state index in [0.29, 0.717) is 6.54 Å². The van der Waals surface area contributed by atoms with E-state index in [1.54, 1.807) is 0 Å². The molecule has 0 radical (unpaired) electrons. The van der Waals surface area contributed by atoms with Crippen molar-refractivity contribution in [3.05, 3.63) is 29.8 Å². The number of carbonyl (C=O) groups is 1. The van der Waals surface area contributed by atoms with Gasteiger partial charge in [-0.05, 0) is 44.1 Å². The first-order valence-electron chi connectivity index (χ1n) is 7.31. The van der Waals surface area contributed by atoms with Crippen molar-refractivity contribution in [2.45, 2.75) is 25.1 Å². The summed E-state index contributed by atoms with van der Waals surface area (Å²) in [6.07, 6.45) is -3.41. The fourth-order valence-electron chi connectivity index (χ4n) is 3.01. The van der Waals surface area contributed by atoms with E-state index in [2.05, 4.69) is 5.32 Å². The van der Waals surface area contributed by atoms with Crippen molar-refractivity contribution in [3.8, 4) is 0 Å². The normalized spacial score (nSPS) is 23.7. The van der Waals surface area contributed by atoms with Crippen molar-refractivity contribution in [3.63, 3.8) is 0 Å². The number of halogens is 3. The second kappa shape index (κ2) is 5.79. The Morgan fingerprint density at radius 3 is 2.64 bits per heavy atom. The molecular formula is C15H17F3N2O2. The summed E-state index contributed by atoms with van der Waals surface area (Å²) in [6, 6.07) is 4.80. The van der Waals surface area contributed by atoms with Gasteiger partial charge in [0.2, 0.25) is 0 Å². The number of hydrogen-bond acceptors (Lipinski definition) is 3. The van der Waals surface area contributed by atoms with Crippen LogP contribution in [0.2, 0.25) is 0 Å². The summed E-state index contributed by atoms with van der Waals surface area (Å²) in [7, 11) is 0. The van der Waals surface area contributed by atoms with Crippen molar-refractivity contribution < 1.29 is 22.7 Å². The number of amides is 1. The van der Waals surface area contributed by atoms with Crippen LogP contribution in [0.5, 0.6) is 0 Å². The number of ether oxygens (including phenoxy) is 1. The van der Waals surface area contributed by atoms with Gasteiger partial charge in [0.15, 0.2) is 0 Å². The van der Waals surface area contributed by atoms with Gasteiger partial charge in [-0.25, -0.2) is 4.79 Å². The molecule has 0 saturated carbocycles. The van der Waals surface area contributed by atoms with Crippen LogP contribution < -0.4 is 10.2 Å². The lowest BCUT2D eigenvalue weighted by molar-refractivity contribution is -0.137. The van der Waals surface area contributed by atoms with E-state index in [1.807, 2.05) is 0 Å². The molecule has 1 aromatic rings. The second-order valence-corrected chi connectivity index (χ2v) is 5.67. The van der Waals surface area contributed by atoms with Crippen LogP contribution in [-0.4, -0.2) is 31.8 Å². The van der Waals surface area contributed by atoms with Crippen molar-refractivity contribution >= 4 is 11.8 Å². The number of nitrogens with zero attached hydrogens (tertiary/aromatic N) is 1. The first-order chi connectivity index (χ1) is 10.4. The molecule has 7 heteroatoms. The molecule has 2 saturated heterocycles. The zero-order valence-electron chi connectivity index (χ0n) is 11.9. The van der Waals surface area contributed by atoms with E-state index >= 15 is 0 Å². The number of benzene rings is 1. The summed E-state index contributed by atoms with van der Waals surface area (Å²) < 4.78 is 43.7. The van der Waals surface area contributed by atoms with Crippen LogP contribution in [0.25, 0.3) is 0 Å². The first kappa shape index (κ1) is 15.1. The number of anilines is 1. The topological polar surface area (TPSA) is 41.6 Å². The summed E-state index contributed by atoms with van der Waals surface area (Å²) in [5, 5.41) is 3.24. The SMILES string of the molecule is O=C1OC(C2CCNCC2)CN1c1cccc(C(F)(F)F)c1. The van der Waals surface area contributed by atoms with Crippen LogP contribution in [0.1, 0.15) is 18.4 Å². The molecule has 3 rings (SSSR count). The molecule has 0 aliphatic carbocycles. The molecule has 1 atom stereocenters. The smallest absolute Gasteiger partial charge is 0.416 e. The summed E-state index contributed by atoms with van der Waals surface area (Å²) in [4.78, 5) is 13.3. The maximum absolute atomic E-state index is 12.8. The highest BCUT2D eigenvalue weighted by molar-refractivity contribution is 5.89. The largest absolute Gasteiger partial charge is 0.444 e. The Morgan fingerprint density at radius 2 is 1.95 bits per heavy atom. The molecular weight excluding hydrogens is 297 g/mol. The number of alkyl halides is 3. The zero-order valence-corrected chi connectivity index (χ0v) is 11.9. The molecule has 1 N–H and O–H groups in total. The van der Waals surface area contributed by atoms with Gasteiger partial charge in [0.1, 0.15) is 6.10 Å². The van der Waals surface area contributed by atoms with Crippen LogP contribution in [-0.2, 0) is 10.9 Å². The highest BCUT2D eigenvalue weighted by Gasteiger charge is 2.38. The Morgan fingerprint density at radius 1 is 1.23 bits per heavy atom. The predicted octanol–water partition coefficient (Wildman–Crippen LogP) is 3.03. The van der Waals surface area contributed by atoms with E-state index < -0.39 is 17.8 Å². The Hall–Kier alpha value is -1.76. The van der Waals surface area contributed by atoms with Crippen molar-refractivity contribution in [1.29, 1.82) is 0 Å². The minimum atomic E-state index is -4.42. The van der Waals surface area contributed by atoms with E-state index in [4.69, 9.17) is 4.74 Å². The lowest BCUT2D eigenvalue weighted by Crippen LogP contribution is -2.36. The third kappa shape index (κ3) is 3.04. The van der Waals surface area contributed by atoms with Gasteiger partial charge >= 0.3 is 12.3 Å². The van der Waals surface area contributed by atoms with Gasteiger partial charge in [0.25, 0.3) is 0 Å². The van der Waals surface area contributed by atoms with Gasteiger partial charge in [0, 0.05) is 11.6 Å². The Balaban J connectivity index is 1.76. The lowest BCUT2D eigenvalue weighted by Gasteiger charge is -2.26. The number of cyclic esters (lactones) is 1. The monoisotopic (exact) mass is 314 g/mol. The standard InChI is InChI=1S/C15H17F3N2O2/c16-15(17,18)11-2-1-3-12(8-11)20-9-13(22-14(20)21)10-4-6-19-7-5-10/h1-3,8,10,13,19H,4-7,9H2. The molecule has 2 aliphatic heterocycles. The quantitative estimate of drug-likeness (QED) is 0.912. The summed E-state index contributed by atoms with van der Waals surface area (Å²) in [5.74, 6) is 0.265. The molecule has 1 unspecified atom stereocenters. The van der Waals surface area contributed by atoms with Gasteiger partial charge < -0.3 is 10.1 Å². The highest BCUT2D eigenvalue weighted by atomic mass is 19.4. The zero-order chi connectivity index (χ0) is 15.7. The minimum Gasteiger partial charge on any atom is -0.444 e. The van der Waals surface area contributed by atoms with Crippen LogP contribution >= 0.6 is 0 Å². The van der Waals surface area contributed by atoms with Crippen molar-refractivity contribution in [2.24, 2.45) is 5.92 Å². The van der Waals surface area contributed by atoms with E-state index in [1.165, 1.54) is 17.0 Å². The Kier molecular flexibility index (Phi) is 3.99. The van der Waals surface area contributed by atoms with Gasteiger partial charge in [-0.15, -0.1) is 0 Å². The predicted molar refractivity (Wildman–Crippen MR) is 74.7 cm³/mol. The average Bonchev–Trinajstić information content (AvgIpc) is 2.89. The third-order valence-electron chi connectivity index (χ3n) is 4.23. The molecule has 4 nitrogen and oxygen atoms in total. The number of carbonyl (C=O) groups excluding carboxylic acids is 1. The highest BCUT2D eigenvalue weighted by Crippen LogP contribution is 2.34. The molecule has 2 fully saturated rings. The Labute approximate surface area is 126 Å². The van der Waals surface area contributed by atoms with Crippen LogP contribution in [0.15, 0.2) is 24.3 Å².